The number of hydrogen-bond acceptors (Lipinski definition) is 6. The zero-order valence-corrected chi connectivity index (χ0v) is 13.3. The first kappa shape index (κ1) is 14.1. The lowest BCUT2D eigenvalue weighted by Crippen LogP contribution is -2.43. The van der Waals surface area contributed by atoms with Crippen molar-refractivity contribution in [1.82, 2.24) is 14.3 Å². The molecule has 2 saturated carbocycles. The number of rotatable bonds is 4. The predicted octanol–water partition coefficient (Wildman–Crippen LogP) is 2.29. The van der Waals surface area contributed by atoms with Gasteiger partial charge >= 0.3 is 0 Å². The average Bonchev–Trinajstić information content (AvgIpc) is 3.18. The molecule has 1 aliphatic heterocycles. The highest BCUT2D eigenvalue weighted by Crippen LogP contribution is 2.39. The summed E-state index contributed by atoms with van der Waals surface area (Å²) in [7, 11) is 0. The molecule has 0 spiro atoms. The summed E-state index contributed by atoms with van der Waals surface area (Å²) in [6.45, 7) is 0. The van der Waals surface area contributed by atoms with Gasteiger partial charge in [0, 0.05) is 42.4 Å². The highest BCUT2D eigenvalue weighted by molar-refractivity contribution is 7.09. The van der Waals surface area contributed by atoms with Crippen molar-refractivity contribution in [2.24, 2.45) is 0 Å². The lowest BCUT2D eigenvalue weighted by atomic mass is 9.90. The minimum atomic E-state index is 0.0135. The molecule has 0 bridgehead atoms. The summed E-state index contributed by atoms with van der Waals surface area (Å²) < 4.78 is 4.41. The third kappa shape index (κ3) is 2.74. The van der Waals surface area contributed by atoms with E-state index in [1.54, 1.807) is 0 Å². The molecule has 1 aromatic heterocycles. The van der Waals surface area contributed by atoms with Crippen molar-refractivity contribution in [3.8, 4) is 0 Å². The Kier molecular flexibility index (Phi) is 3.60. The van der Waals surface area contributed by atoms with Crippen LogP contribution in [0.4, 0.5) is 5.13 Å². The molecular weight excluding hydrogens is 300 g/mol. The fraction of sp³-hybridized carbons (Fsp3) is 0.733. The van der Waals surface area contributed by atoms with E-state index in [-0.39, 0.29) is 17.9 Å². The van der Waals surface area contributed by atoms with Gasteiger partial charge in [0.25, 0.3) is 0 Å². The van der Waals surface area contributed by atoms with Gasteiger partial charge in [-0.25, -0.2) is 4.98 Å². The van der Waals surface area contributed by atoms with Crippen LogP contribution in [0.15, 0.2) is 0 Å². The van der Waals surface area contributed by atoms with Gasteiger partial charge in [-0.05, 0) is 38.5 Å². The Hall–Kier alpha value is -1.50. The second-order valence-corrected chi connectivity index (χ2v) is 7.29. The number of carbonyl (C=O) groups excluding carboxylic acids is 2. The third-order valence-electron chi connectivity index (χ3n) is 4.86. The molecule has 2 heterocycles. The van der Waals surface area contributed by atoms with Crippen molar-refractivity contribution in [2.45, 2.75) is 69.4 Å². The molecule has 6 nitrogen and oxygen atoms in total. The van der Waals surface area contributed by atoms with E-state index < -0.39 is 0 Å². The number of anilines is 1. The molecule has 0 unspecified atom stereocenters. The zero-order chi connectivity index (χ0) is 15.1. The molecule has 22 heavy (non-hydrogen) atoms. The third-order valence-corrected chi connectivity index (χ3v) is 5.52. The second kappa shape index (κ2) is 5.61. The standard InChI is InChI=1S/C15H20N4O2S/c20-12-7-8-13(21)19(12)11-5-3-10(4-6-11)16-15-17-14(18-22-15)9-1-2-9/h9-11H,1-8H2,(H,16,17,18). The summed E-state index contributed by atoms with van der Waals surface area (Å²) in [4.78, 5) is 29.7. The van der Waals surface area contributed by atoms with Crippen LogP contribution < -0.4 is 5.32 Å². The molecule has 4 rings (SSSR count). The molecule has 1 N–H and O–H groups in total. The van der Waals surface area contributed by atoms with Gasteiger partial charge in [0.2, 0.25) is 16.9 Å². The Morgan fingerprint density at radius 1 is 1.00 bits per heavy atom. The second-order valence-electron chi connectivity index (χ2n) is 6.54. The van der Waals surface area contributed by atoms with Gasteiger partial charge in [-0.2, -0.15) is 4.37 Å². The van der Waals surface area contributed by atoms with Crippen molar-refractivity contribution in [3.05, 3.63) is 5.82 Å². The number of carbonyl (C=O) groups is 2. The monoisotopic (exact) mass is 320 g/mol. The van der Waals surface area contributed by atoms with E-state index in [2.05, 4.69) is 14.7 Å². The highest BCUT2D eigenvalue weighted by atomic mass is 32.1. The summed E-state index contributed by atoms with van der Waals surface area (Å²) in [5, 5.41) is 4.39. The number of aromatic nitrogens is 2. The van der Waals surface area contributed by atoms with Gasteiger partial charge in [-0.1, -0.05) is 0 Å². The lowest BCUT2D eigenvalue weighted by Gasteiger charge is -2.33. The Morgan fingerprint density at radius 2 is 1.68 bits per heavy atom. The predicted molar refractivity (Wildman–Crippen MR) is 82.6 cm³/mol. The van der Waals surface area contributed by atoms with E-state index in [9.17, 15) is 9.59 Å². The summed E-state index contributed by atoms with van der Waals surface area (Å²) in [6, 6.07) is 0.487. The molecule has 2 aliphatic carbocycles. The van der Waals surface area contributed by atoms with E-state index >= 15 is 0 Å². The zero-order valence-electron chi connectivity index (χ0n) is 12.5. The van der Waals surface area contributed by atoms with E-state index in [0.29, 0.717) is 24.8 Å². The van der Waals surface area contributed by atoms with Crippen LogP contribution in [0.2, 0.25) is 0 Å². The van der Waals surface area contributed by atoms with Crippen molar-refractivity contribution in [2.75, 3.05) is 5.32 Å². The number of amides is 2. The van der Waals surface area contributed by atoms with Crippen molar-refractivity contribution in [3.63, 3.8) is 0 Å². The van der Waals surface area contributed by atoms with Gasteiger partial charge in [-0.15, -0.1) is 0 Å². The van der Waals surface area contributed by atoms with E-state index in [4.69, 9.17) is 0 Å². The Labute approximate surface area is 133 Å². The van der Waals surface area contributed by atoms with Gasteiger partial charge in [0.15, 0.2) is 0 Å². The SMILES string of the molecule is O=C1CCC(=O)N1C1CCC(Nc2nc(C3CC3)ns2)CC1. The smallest absolute Gasteiger partial charge is 0.229 e. The topological polar surface area (TPSA) is 75.2 Å². The number of nitrogens with one attached hydrogen (secondary N) is 1. The first-order valence-electron chi connectivity index (χ1n) is 8.16. The minimum absolute atomic E-state index is 0.0135. The van der Waals surface area contributed by atoms with Crippen LogP contribution in [0.1, 0.15) is 63.1 Å². The summed E-state index contributed by atoms with van der Waals surface area (Å²) >= 11 is 1.45. The molecule has 1 saturated heterocycles. The molecule has 3 aliphatic rings. The van der Waals surface area contributed by atoms with Crippen LogP contribution >= 0.6 is 11.5 Å². The molecule has 1 aromatic rings. The van der Waals surface area contributed by atoms with Crippen LogP contribution in [0.25, 0.3) is 0 Å². The first-order valence-corrected chi connectivity index (χ1v) is 8.93. The Morgan fingerprint density at radius 3 is 2.32 bits per heavy atom. The van der Waals surface area contributed by atoms with E-state index in [0.717, 1.165) is 36.6 Å². The van der Waals surface area contributed by atoms with Crippen molar-refractivity contribution in [1.29, 1.82) is 0 Å². The average molecular weight is 320 g/mol. The van der Waals surface area contributed by atoms with Gasteiger partial charge in [-0.3, -0.25) is 14.5 Å². The van der Waals surface area contributed by atoms with Crippen LogP contribution in [0.3, 0.4) is 0 Å². The van der Waals surface area contributed by atoms with E-state index in [1.807, 2.05) is 0 Å². The summed E-state index contributed by atoms with van der Waals surface area (Å²) in [5.74, 6) is 1.61. The number of likely N-dealkylation sites (tertiary alicyclic amines) is 1. The molecule has 0 aromatic carbocycles. The summed E-state index contributed by atoms with van der Waals surface area (Å²) in [6.07, 6.45) is 6.96. The van der Waals surface area contributed by atoms with Crippen LogP contribution in [0.5, 0.6) is 0 Å². The Bertz CT molecular complexity index is 574. The maximum atomic E-state index is 11.8. The lowest BCUT2D eigenvalue weighted by molar-refractivity contribution is -0.141. The maximum Gasteiger partial charge on any atom is 0.229 e. The fourth-order valence-corrected chi connectivity index (χ4v) is 4.18. The van der Waals surface area contributed by atoms with Gasteiger partial charge in [0.05, 0.1) is 0 Å². The van der Waals surface area contributed by atoms with Gasteiger partial charge in [0.1, 0.15) is 5.82 Å². The number of hydrogen-bond donors (Lipinski definition) is 1. The molecule has 3 fully saturated rings. The molecule has 0 atom stereocenters. The highest BCUT2D eigenvalue weighted by Gasteiger charge is 2.37. The van der Waals surface area contributed by atoms with E-state index in [1.165, 1.54) is 29.3 Å². The van der Waals surface area contributed by atoms with Crippen molar-refractivity contribution >= 4 is 28.5 Å². The van der Waals surface area contributed by atoms with Crippen LogP contribution in [-0.4, -0.2) is 38.2 Å². The number of nitrogens with zero attached hydrogens (tertiary/aromatic N) is 3. The Balaban J connectivity index is 1.31. The molecule has 2 amide bonds. The summed E-state index contributed by atoms with van der Waals surface area (Å²) in [5.41, 5.74) is 0. The molecule has 118 valence electrons. The van der Waals surface area contributed by atoms with Crippen LogP contribution in [-0.2, 0) is 9.59 Å². The molecule has 0 radical (unpaired) electrons. The largest absolute Gasteiger partial charge is 0.358 e. The minimum Gasteiger partial charge on any atom is -0.358 e. The molecular formula is C15H20N4O2S. The maximum absolute atomic E-state index is 11.8. The first-order chi connectivity index (χ1) is 10.7. The number of imide groups is 1. The quantitative estimate of drug-likeness (QED) is 0.862. The van der Waals surface area contributed by atoms with Gasteiger partial charge < -0.3 is 5.32 Å². The fourth-order valence-electron chi connectivity index (χ4n) is 3.45. The normalized spacial score (nSPS) is 29.2. The van der Waals surface area contributed by atoms with Crippen molar-refractivity contribution < 1.29 is 9.59 Å². The van der Waals surface area contributed by atoms with Crippen LogP contribution in [0, 0.1) is 0 Å². The molecule has 7 heteroatoms.